The van der Waals surface area contributed by atoms with Crippen molar-refractivity contribution < 1.29 is 28.6 Å². The van der Waals surface area contributed by atoms with E-state index in [2.05, 4.69) is 20.8 Å². The summed E-state index contributed by atoms with van der Waals surface area (Å²) in [5.74, 6) is -3.14. The third-order valence-electron chi connectivity index (χ3n) is 1.79. The zero-order valence-electron chi connectivity index (χ0n) is 9.23. The average molecular weight is 230 g/mol. The van der Waals surface area contributed by atoms with Crippen LogP contribution < -0.4 is 0 Å². The molecule has 0 fully saturated rings. The molecule has 0 aliphatic rings. The van der Waals surface area contributed by atoms with Crippen LogP contribution in [0.4, 0.5) is 0 Å². The summed E-state index contributed by atoms with van der Waals surface area (Å²) in [4.78, 5) is 33.0. The Kier molecular flexibility index (Phi) is 6.58. The Morgan fingerprint density at radius 2 is 1.69 bits per heavy atom. The smallest absolute Gasteiger partial charge is 0.330 e. The van der Waals surface area contributed by atoms with E-state index in [4.69, 9.17) is 0 Å². The summed E-state index contributed by atoms with van der Waals surface area (Å²) in [6.07, 6.45) is 1.00. The number of hydrogen-bond donors (Lipinski definition) is 0. The predicted molar refractivity (Wildman–Crippen MR) is 53.3 cm³/mol. The number of hydrogen-bond acceptors (Lipinski definition) is 6. The minimum Gasteiger partial charge on any atom is -0.468 e. The topological polar surface area (TPSA) is 78.9 Å². The molecule has 0 saturated heterocycles. The molecule has 0 aromatic rings. The van der Waals surface area contributed by atoms with Crippen molar-refractivity contribution in [2.45, 2.75) is 6.42 Å². The van der Waals surface area contributed by atoms with Gasteiger partial charge in [0, 0.05) is 12.5 Å². The summed E-state index contributed by atoms with van der Waals surface area (Å²) >= 11 is 0. The minimum absolute atomic E-state index is 0.0128. The molecule has 6 nitrogen and oxygen atoms in total. The molecular weight excluding hydrogens is 216 g/mol. The second kappa shape index (κ2) is 7.44. The van der Waals surface area contributed by atoms with Crippen LogP contribution in [-0.2, 0) is 28.6 Å². The summed E-state index contributed by atoms with van der Waals surface area (Å²) in [6, 6.07) is 0. The maximum absolute atomic E-state index is 11.2. The van der Waals surface area contributed by atoms with E-state index >= 15 is 0 Å². The molecule has 0 aromatic heterocycles. The first kappa shape index (κ1) is 14.2. The number of carbonyl (C=O) groups is 3. The van der Waals surface area contributed by atoms with Crippen LogP contribution in [0.1, 0.15) is 6.42 Å². The molecule has 0 N–H and O–H groups in total. The highest BCUT2D eigenvalue weighted by Gasteiger charge is 2.28. The van der Waals surface area contributed by atoms with Crippen molar-refractivity contribution in [1.82, 2.24) is 0 Å². The van der Waals surface area contributed by atoms with Gasteiger partial charge in [0.25, 0.3) is 0 Å². The van der Waals surface area contributed by atoms with Gasteiger partial charge in [-0.1, -0.05) is 6.58 Å². The fourth-order valence-electron chi connectivity index (χ4n) is 0.953. The van der Waals surface area contributed by atoms with Crippen LogP contribution >= 0.6 is 0 Å². The van der Waals surface area contributed by atoms with Gasteiger partial charge in [-0.05, 0) is 0 Å². The van der Waals surface area contributed by atoms with Gasteiger partial charge in [-0.3, -0.25) is 9.59 Å². The lowest BCUT2D eigenvalue weighted by Gasteiger charge is -2.11. The van der Waals surface area contributed by atoms with E-state index in [1.54, 1.807) is 0 Å². The van der Waals surface area contributed by atoms with E-state index in [1.165, 1.54) is 0 Å². The number of carbonyl (C=O) groups excluding carboxylic acids is 3. The molecule has 0 atom stereocenters. The Morgan fingerprint density at radius 3 is 2.06 bits per heavy atom. The number of rotatable bonds is 6. The predicted octanol–water partition coefficient (Wildman–Crippen LogP) is 0.0679. The standard InChI is InChI=1S/C10H14O6/c1-4-8(11)16-6-5-7(9(12)14-2)10(13)15-3/h4,7H,1,5-6H2,2-3H3. The number of esters is 3. The molecular formula is C10H14O6. The lowest BCUT2D eigenvalue weighted by Crippen LogP contribution is -2.28. The van der Waals surface area contributed by atoms with Crippen LogP contribution in [0.2, 0.25) is 0 Å². The second-order valence-corrected chi connectivity index (χ2v) is 2.76. The molecule has 0 saturated carbocycles. The van der Waals surface area contributed by atoms with Crippen molar-refractivity contribution in [1.29, 1.82) is 0 Å². The lowest BCUT2D eigenvalue weighted by molar-refractivity contribution is -0.160. The van der Waals surface area contributed by atoms with Gasteiger partial charge in [-0.15, -0.1) is 0 Å². The maximum Gasteiger partial charge on any atom is 0.330 e. The average Bonchev–Trinajstić information content (AvgIpc) is 2.32. The van der Waals surface area contributed by atoms with Crippen LogP contribution in [0.3, 0.4) is 0 Å². The number of methoxy groups -OCH3 is 2. The molecule has 6 heteroatoms. The molecule has 0 aliphatic carbocycles. The third kappa shape index (κ3) is 4.59. The van der Waals surface area contributed by atoms with Crippen molar-refractivity contribution in [2.24, 2.45) is 5.92 Å². The molecule has 16 heavy (non-hydrogen) atoms. The zero-order valence-corrected chi connectivity index (χ0v) is 9.23. The van der Waals surface area contributed by atoms with Gasteiger partial charge in [-0.25, -0.2) is 4.79 Å². The van der Waals surface area contributed by atoms with Crippen LogP contribution in [-0.4, -0.2) is 38.7 Å². The highest BCUT2D eigenvalue weighted by atomic mass is 16.5. The van der Waals surface area contributed by atoms with E-state index in [1.807, 2.05) is 0 Å². The molecule has 0 bridgehead atoms. The maximum atomic E-state index is 11.2. The Bertz CT molecular complexity index is 267. The third-order valence-corrected chi connectivity index (χ3v) is 1.79. The zero-order chi connectivity index (χ0) is 12.6. The van der Waals surface area contributed by atoms with Gasteiger partial charge in [0.1, 0.15) is 0 Å². The summed E-state index contributed by atoms with van der Waals surface area (Å²) < 4.78 is 13.5. The Balaban J connectivity index is 4.22. The molecule has 0 aliphatic heterocycles. The van der Waals surface area contributed by atoms with Gasteiger partial charge in [0.05, 0.1) is 20.8 Å². The SMILES string of the molecule is C=CC(=O)OCCC(C(=O)OC)C(=O)OC. The van der Waals surface area contributed by atoms with Crippen molar-refractivity contribution in [2.75, 3.05) is 20.8 Å². The molecule has 0 spiro atoms. The molecule has 0 heterocycles. The van der Waals surface area contributed by atoms with Crippen LogP contribution in [0.5, 0.6) is 0 Å². The van der Waals surface area contributed by atoms with E-state index in [-0.39, 0.29) is 13.0 Å². The van der Waals surface area contributed by atoms with Crippen LogP contribution in [0.25, 0.3) is 0 Å². The highest BCUT2D eigenvalue weighted by molar-refractivity contribution is 5.94. The number of ether oxygens (including phenoxy) is 3. The van der Waals surface area contributed by atoms with Gasteiger partial charge >= 0.3 is 17.9 Å². The summed E-state index contributed by atoms with van der Waals surface area (Å²) in [7, 11) is 2.32. The van der Waals surface area contributed by atoms with Gasteiger partial charge in [0.2, 0.25) is 0 Å². The highest BCUT2D eigenvalue weighted by Crippen LogP contribution is 2.08. The molecule has 0 radical (unpaired) electrons. The van der Waals surface area contributed by atoms with Crippen molar-refractivity contribution in [3.8, 4) is 0 Å². The molecule has 0 unspecified atom stereocenters. The van der Waals surface area contributed by atoms with Crippen LogP contribution in [0.15, 0.2) is 12.7 Å². The monoisotopic (exact) mass is 230 g/mol. The quantitative estimate of drug-likeness (QED) is 0.278. The normalized spacial score (nSPS) is 9.44. The Morgan fingerprint density at radius 1 is 1.19 bits per heavy atom. The van der Waals surface area contributed by atoms with E-state index < -0.39 is 23.8 Å². The first-order valence-electron chi connectivity index (χ1n) is 4.51. The lowest BCUT2D eigenvalue weighted by atomic mass is 10.1. The van der Waals surface area contributed by atoms with Gasteiger partial charge < -0.3 is 14.2 Å². The van der Waals surface area contributed by atoms with E-state index in [0.717, 1.165) is 20.3 Å². The van der Waals surface area contributed by atoms with E-state index in [0.29, 0.717) is 0 Å². The minimum atomic E-state index is -1.08. The Hall–Kier alpha value is -1.85. The van der Waals surface area contributed by atoms with Gasteiger partial charge in [0.15, 0.2) is 5.92 Å². The second-order valence-electron chi connectivity index (χ2n) is 2.76. The Labute approximate surface area is 93.2 Å². The van der Waals surface area contributed by atoms with Crippen molar-refractivity contribution in [3.05, 3.63) is 12.7 Å². The molecule has 0 amide bonds. The van der Waals surface area contributed by atoms with Crippen molar-refractivity contribution >= 4 is 17.9 Å². The summed E-state index contributed by atoms with van der Waals surface area (Å²) in [6.45, 7) is 3.12. The first-order valence-corrected chi connectivity index (χ1v) is 4.51. The fraction of sp³-hybridized carbons (Fsp3) is 0.500. The van der Waals surface area contributed by atoms with Crippen molar-refractivity contribution in [3.63, 3.8) is 0 Å². The van der Waals surface area contributed by atoms with Gasteiger partial charge in [-0.2, -0.15) is 0 Å². The fourth-order valence-corrected chi connectivity index (χ4v) is 0.953. The molecule has 90 valence electrons. The largest absolute Gasteiger partial charge is 0.468 e. The first-order chi connectivity index (χ1) is 7.56. The summed E-state index contributed by atoms with van der Waals surface area (Å²) in [5.41, 5.74) is 0. The van der Waals surface area contributed by atoms with E-state index in [9.17, 15) is 14.4 Å². The summed E-state index contributed by atoms with van der Waals surface area (Å²) in [5, 5.41) is 0. The molecule has 0 aromatic carbocycles. The molecule has 0 rings (SSSR count). The van der Waals surface area contributed by atoms with Crippen LogP contribution in [0, 0.1) is 5.92 Å².